The van der Waals surface area contributed by atoms with E-state index in [0.29, 0.717) is 0 Å². The highest BCUT2D eigenvalue weighted by Crippen LogP contribution is 2.40. The molecule has 3 aromatic rings. The van der Waals surface area contributed by atoms with Crippen LogP contribution in [-0.4, -0.2) is 4.98 Å². The van der Waals surface area contributed by atoms with Crippen LogP contribution in [0.2, 0.25) is 5.02 Å². The maximum absolute atomic E-state index is 5.95. The first kappa shape index (κ1) is 12.1. The van der Waals surface area contributed by atoms with Crippen molar-refractivity contribution in [3.8, 4) is 22.4 Å². The molecule has 0 fully saturated rings. The van der Waals surface area contributed by atoms with Crippen LogP contribution in [-0.2, 0) is 6.42 Å². The molecule has 2 aromatic carbocycles. The fourth-order valence-electron chi connectivity index (χ4n) is 2.77. The van der Waals surface area contributed by atoms with E-state index in [4.69, 9.17) is 11.6 Å². The molecule has 98 valence electrons. The lowest BCUT2D eigenvalue weighted by atomic mass is 10.0. The van der Waals surface area contributed by atoms with Gasteiger partial charge in [0.25, 0.3) is 0 Å². The SMILES string of the molecule is Cc1nc2c(s1)Cc1cc(-c3ccc(Cl)cc3)ccc1-2. The number of fused-ring (bicyclic) bond motifs is 3. The molecule has 1 aliphatic carbocycles. The van der Waals surface area contributed by atoms with Gasteiger partial charge in [-0.1, -0.05) is 41.9 Å². The number of aromatic nitrogens is 1. The number of benzene rings is 2. The van der Waals surface area contributed by atoms with E-state index in [0.717, 1.165) is 16.5 Å². The van der Waals surface area contributed by atoms with Crippen LogP contribution in [0.1, 0.15) is 15.4 Å². The minimum atomic E-state index is 0.775. The molecule has 1 heterocycles. The summed E-state index contributed by atoms with van der Waals surface area (Å²) in [7, 11) is 0. The molecule has 0 saturated carbocycles. The first-order valence-electron chi connectivity index (χ1n) is 6.56. The molecule has 0 amide bonds. The lowest BCUT2D eigenvalue weighted by molar-refractivity contribution is 1.29. The molecule has 1 nitrogen and oxygen atoms in total. The van der Waals surface area contributed by atoms with Crippen molar-refractivity contribution < 1.29 is 0 Å². The standard InChI is InChI=1S/C17H12ClNS/c1-10-19-17-15-7-4-12(8-13(15)9-16(17)20-10)11-2-5-14(18)6-3-11/h2-8H,9H2,1H3. The summed E-state index contributed by atoms with van der Waals surface area (Å²) >= 11 is 7.76. The van der Waals surface area contributed by atoms with Crippen molar-refractivity contribution in [1.82, 2.24) is 4.98 Å². The predicted molar refractivity (Wildman–Crippen MR) is 85.5 cm³/mol. The van der Waals surface area contributed by atoms with Gasteiger partial charge in [0.2, 0.25) is 0 Å². The van der Waals surface area contributed by atoms with E-state index in [1.165, 1.54) is 32.8 Å². The second kappa shape index (κ2) is 4.44. The molecule has 4 rings (SSSR count). The highest BCUT2D eigenvalue weighted by Gasteiger charge is 2.22. The molecule has 0 spiro atoms. The molecule has 3 heteroatoms. The van der Waals surface area contributed by atoms with Gasteiger partial charge in [0.05, 0.1) is 10.7 Å². The van der Waals surface area contributed by atoms with Crippen LogP contribution < -0.4 is 0 Å². The topological polar surface area (TPSA) is 12.9 Å². The Kier molecular flexibility index (Phi) is 2.69. The van der Waals surface area contributed by atoms with Gasteiger partial charge < -0.3 is 0 Å². The Morgan fingerprint density at radius 2 is 1.80 bits per heavy atom. The third-order valence-electron chi connectivity index (χ3n) is 3.69. The van der Waals surface area contributed by atoms with E-state index in [2.05, 4.69) is 42.2 Å². The Bertz CT molecular complexity index is 802. The Morgan fingerprint density at radius 3 is 2.60 bits per heavy atom. The maximum atomic E-state index is 5.95. The van der Waals surface area contributed by atoms with Gasteiger partial charge in [-0.05, 0) is 35.7 Å². The third-order valence-corrected chi connectivity index (χ3v) is 4.92. The molecule has 1 aliphatic rings. The highest BCUT2D eigenvalue weighted by atomic mass is 35.5. The van der Waals surface area contributed by atoms with Gasteiger partial charge in [-0.15, -0.1) is 11.3 Å². The normalized spacial score (nSPS) is 12.3. The molecule has 0 aliphatic heterocycles. The van der Waals surface area contributed by atoms with E-state index in [-0.39, 0.29) is 0 Å². The highest BCUT2D eigenvalue weighted by molar-refractivity contribution is 7.12. The van der Waals surface area contributed by atoms with Gasteiger partial charge in [-0.25, -0.2) is 4.98 Å². The van der Waals surface area contributed by atoms with Gasteiger partial charge in [0.15, 0.2) is 0 Å². The van der Waals surface area contributed by atoms with E-state index < -0.39 is 0 Å². The number of nitrogens with zero attached hydrogens (tertiary/aromatic N) is 1. The largest absolute Gasteiger partial charge is 0.241 e. The number of thiazole rings is 1. The molecule has 0 unspecified atom stereocenters. The van der Waals surface area contributed by atoms with Gasteiger partial charge >= 0.3 is 0 Å². The summed E-state index contributed by atoms with van der Waals surface area (Å²) in [6.07, 6.45) is 1.01. The minimum absolute atomic E-state index is 0.775. The molecular formula is C17H12ClNS. The Balaban J connectivity index is 1.79. The van der Waals surface area contributed by atoms with Crippen LogP contribution in [0.15, 0.2) is 42.5 Å². The quantitative estimate of drug-likeness (QED) is 0.462. The summed E-state index contributed by atoms with van der Waals surface area (Å²) in [5.74, 6) is 0. The Morgan fingerprint density at radius 1 is 1.05 bits per heavy atom. The van der Waals surface area contributed by atoms with E-state index in [1.807, 2.05) is 23.5 Å². The van der Waals surface area contributed by atoms with E-state index in [1.54, 1.807) is 0 Å². The van der Waals surface area contributed by atoms with Crippen molar-refractivity contribution in [3.63, 3.8) is 0 Å². The van der Waals surface area contributed by atoms with Gasteiger partial charge in [-0.3, -0.25) is 0 Å². The summed E-state index contributed by atoms with van der Waals surface area (Å²) in [6.45, 7) is 2.07. The van der Waals surface area contributed by atoms with Crippen molar-refractivity contribution in [2.75, 3.05) is 0 Å². The molecule has 0 N–H and O–H groups in total. The van der Waals surface area contributed by atoms with Crippen molar-refractivity contribution in [3.05, 3.63) is 62.9 Å². The van der Waals surface area contributed by atoms with Crippen molar-refractivity contribution in [1.29, 1.82) is 0 Å². The summed E-state index contributed by atoms with van der Waals surface area (Å²) in [4.78, 5) is 6.04. The minimum Gasteiger partial charge on any atom is -0.241 e. The molecule has 0 atom stereocenters. The van der Waals surface area contributed by atoms with Crippen LogP contribution in [0.3, 0.4) is 0 Å². The number of rotatable bonds is 1. The first-order chi connectivity index (χ1) is 9.70. The van der Waals surface area contributed by atoms with Crippen LogP contribution >= 0.6 is 22.9 Å². The number of hydrogen-bond acceptors (Lipinski definition) is 2. The monoisotopic (exact) mass is 297 g/mol. The predicted octanol–water partition coefficient (Wildman–Crippen LogP) is 5.34. The van der Waals surface area contributed by atoms with Crippen molar-refractivity contribution in [2.45, 2.75) is 13.3 Å². The fraction of sp³-hybridized carbons (Fsp3) is 0.118. The van der Waals surface area contributed by atoms with Crippen LogP contribution in [0.5, 0.6) is 0 Å². The Labute approximate surface area is 126 Å². The van der Waals surface area contributed by atoms with Gasteiger partial charge in [0, 0.05) is 21.9 Å². The second-order valence-electron chi connectivity index (χ2n) is 5.06. The zero-order valence-corrected chi connectivity index (χ0v) is 12.6. The molecular weight excluding hydrogens is 286 g/mol. The summed E-state index contributed by atoms with van der Waals surface area (Å²) in [5, 5.41) is 1.93. The number of halogens is 1. The number of aryl methyl sites for hydroxylation is 1. The Hall–Kier alpha value is -1.64. The lowest BCUT2D eigenvalue weighted by Crippen LogP contribution is -1.84. The smallest absolute Gasteiger partial charge is 0.0904 e. The van der Waals surface area contributed by atoms with Crippen molar-refractivity contribution >= 4 is 22.9 Å². The van der Waals surface area contributed by atoms with E-state index in [9.17, 15) is 0 Å². The zero-order chi connectivity index (χ0) is 13.7. The molecule has 0 saturated heterocycles. The summed E-state index contributed by atoms with van der Waals surface area (Å²) < 4.78 is 0. The maximum Gasteiger partial charge on any atom is 0.0904 e. The van der Waals surface area contributed by atoms with Gasteiger partial charge in [0.1, 0.15) is 0 Å². The summed E-state index contributed by atoms with van der Waals surface area (Å²) in [5.41, 5.74) is 6.31. The third kappa shape index (κ3) is 1.88. The molecule has 1 aromatic heterocycles. The van der Waals surface area contributed by atoms with Crippen molar-refractivity contribution in [2.24, 2.45) is 0 Å². The van der Waals surface area contributed by atoms with Crippen LogP contribution in [0, 0.1) is 6.92 Å². The lowest BCUT2D eigenvalue weighted by Gasteiger charge is -2.05. The molecule has 0 radical (unpaired) electrons. The van der Waals surface area contributed by atoms with Gasteiger partial charge in [-0.2, -0.15) is 0 Å². The second-order valence-corrected chi connectivity index (χ2v) is 6.78. The zero-order valence-electron chi connectivity index (χ0n) is 11.0. The van der Waals surface area contributed by atoms with E-state index >= 15 is 0 Å². The van der Waals surface area contributed by atoms with Crippen LogP contribution in [0.25, 0.3) is 22.4 Å². The average molecular weight is 298 g/mol. The fourth-order valence-corrected chi connectivity index (χ4v) is 3.86. The first-order valence-corrected chi connectivity index (χ1v) is 7.76. The van der Waals surface area contributed by atoms with Crippen LogP contribution in [0.4, 0.5) is 0 Å². The molecule has 20 heavy (non-hydrogen) atoms. The number of hydrogen-bond donors (Lipinski definition) is 0. The summed E-state index contributed by atoms with van der Waals surface area (Å²) in [6, 6.07) is 14.7. The molecule has 0 bridgehead atoms. The average Bonchev–Trinajstić information content (AvgIpc) is 2.94.